The molecule has 0 bridgehead atoms. The molecule has 5 nitrogen and oxygen atoms in total. The monoisotopic (exact) mass is 394 g/mol. The number of ether oxygens (including phenoxy) is 1. The lowest BCUT2D eigenvalue weighted by Crippen LogP contribution is -2.14. The topological polar surface area (TPSA) is 73.4 Å². The van der Waals surface area contributed by atoms with Crippen LogP contribution in [0.3, 0.4) is 0 Å². The van der Waals surface area contributed by atoms with Crippen molar-refractivity contribution >= 4 is 11.5 Å². The van der Waals surface area contributed by atoms with E-state index in [9.17, 15) is 0 Å². The van der Waals surface area contributed by atoms with Crippen molar-refractivity contribution in [2.24, 2.45) is 10.7 Å². The molecule has 0 aliphatic heterocycles. The highest BCUT2D eigenvalue weighted by molar-refractivity contribution is 5.85. The average Bonchev–Trinajstić information content (AvgIpc) is 2.80. The van der Waals surface area contributed by atoms with E-state index in [0.717, 1.165) is 33.6 Å². The zero-order valence-electron chi connectivity index (χ0n) is 16.7. The van der Waals surface area contributed by atoms with E-state index < -0.39 is 0 Å². The average molecular weight is 394 g/mol. The molecule has 4 aromatic rings. The van der Waals surface area contributed by atoms with Crippen molar-refractivity contribution < 1.29 is 4.74 Å². The summed E-state index contributed by atoms with van der Waals surface area (Å²) in [5.41, 5.74) is 12.1. The van der Waals surface area contributed by atoms with Crippen molar-refractivity contribution in [1.29, 1.82) is 0 Å². The molecular formula is C25H22N4O. The molecule has 5 heteroatoms. The van der Waals surface area contributed by atoms with Crippen LogP contribution in [-0.2, 0) is 6.42 Å². The molecule has 2 N–H and O–H groups in total. The number of rotatable bonds is 6. The first-order valence-electron chi connectivity index (χ1n) is 9.65. The molecule has 2 heterocycles. The summed E-state index contributed by atoms with van der Waals surface area (Å²) in [5.74, 6) is 1.12. The van der Waals surface area contributed by atoms with E-state index in [-0.39, 0.29) is 0 Å². The maximum atomic E-state index is 6.21. The Morgan fingerprint density at radius 2 is 1.67 bits per heavy atom. The third kappa shape index (κ3) is 4.70. The summed E-state index contributed by atoms with van der Waals surface area (Å²) < 4.78 is 5.22. The molecule has 0 aliphatic carbocycles. The van der Waals surface area contributed by atoms with Crippen molar-refractivity contribution in [2.45, 2.75) is 6.42 Å². The van der Waals surface area contributed by atoms with Crippen molar-refractivity contribution in [3.63, 3.8) is 0 Å². The fourth-order valence-corrected chi connectivity index (χ4v) is 3.21. The van der Waals surface area contributed by atoms with Crippen LogP contribution < -0.4 is 10.5 Å². The highest BCUT2D eigenvalue weighted by Gasteiger charge is 2.04. The van der Waals surface area contributed by atoms with Crippen LogP contribution in [0.15, 0.2) is 96.2 Å². The number of aliphatic imine (C=N–C) groups is 1. The SMILES string of the molecule is COc1cc(-c2cccc(CC(N)=Nc3ccc(-c4ccccc4)nc3)c2)ccn1. The lowest BCUT2D eigenvalue weighted by Gasteiger charge is -2.07. The van der Waals surface area contributed by atoms with Crippen LogP contribution >= 0.6 is 0 Å². The van der Waals surface area contributed by atoms with Crippen LogP contribution in [0, 0.1) is 0 Å². The number of methoxy groups -OCH3 is 1. The van der Waals surface area contributed by atoms with Gasteiger partial charge in [-0.2, -0.15) is 0 Å². The Hall–Kier alpha value is -3.99. The van der Waals surface area contributed by atoms with Gasteiger partial charge < -0.3 is 10.5 Å². The molecule has 0 amide bonds. The van der Waals surface area contributed by atoms with Gasteiger partial charge in [-0.1, -0.05) is 54.6 Å². The fourth-order valence-electron chi connectivity index (χ4n) is 3.21. The quantitative estimate of drug-likeness (QED) is 0.367. The maximum Gasteiger partial charge on any atom is 0.213 e. The standard InChI is InChI=1S/C25H22N4O/c1-30-25-16-21(12-13-27-25)20-9-5-6-18(14-20)15-24(26)29-22-10-11-23(28-17-22)19-7-3-2-4-8-19/h2-14,16-17H,15H2,1H3,(H2,26,29). The Morgan fingerprint density at radius 3 is 2.43 bits per heavy atom. The predicted molar refractivity (Wildman–Crippen MR) is 121 cm³/mol. The number of benzene rings is 2. The maximum absolute atomic E-state index is 6.21. The van der Waals surface area contributed by atoms with Gasteiger partial charge >= 0.3 is 0 Å². The molecular weight excluding hydrogens is 372 g/mol. The van der Waals surface area contributed by atoms with Gasteiger partial charge in [0, 0.05) is 24.2 Å². The number of hydrogen-bond donors (Lipinski definition) is 1. The Kier molecular flexibility index (Phi) is 5.80. The summed E-state index contributed by atoms with van der Waals surface area (Å²) in [4.78, 5) is 13.2. The lowest BCUT2D eigenvalue weighted by molar-refractivity contribution is 0.398. The first-order chi connectivity index (χ1) is 14.7. The minimum absolute atomic E-state index is 0.536. The minimum atomic E-state index is 0.536. The number of aromatic nitrogens is 2. The molecule has 2 aromatic heterocycles. The molecule has 4 rings (SSSR count). The van der Waals surface area contributed by atoms with Gasteiger partial charge in [0.05, 0.1) is 24.7 Å². The van der Waals surface area contributed by atoms with E-state index in [1.165, 1.54) is 0 Å². The van der Waals surface area contributed by atoms with Crippen molar-refractivity contribution in [1.82, 2.24) is 9.97 Å². The van der Waals surface area contributed by atoms with Crippen molar-refractivity contribution in [3.8, 4) is 28.3 Å². The summed E-state index contributed by atoms with van der Waals surface area (Å²) in [6.07, 6.45) is 4.04. The Bertz CT molecular complexity index is 1160. The first-order valence-corrected chi connectivity index (χ1v) is 9.65. The Balaban J connectivity index is 1.49. The van der Waals surface area contributed by atoms with Gasteiger partial charge in [-0.25, -0.2) is 9.98 Å². The summed E-state index contributed by atoms with van der Waals surface area (Å²) in [7, 11) is 1.61. The molecule has 148 valence electrons. The number of nitrogens with two attached hydrogens (primary N) is 1. The molecule has 0 saturated heterocycles. The second kappa shape index (κ2) is 9.01. The van der Waals surface area contributed by atoms with Crippen LogP contribution in [0.2, 0.25) is 0 Å². The Labute approximate surface area is 175 Å². The second-order valence-corrected chi connectivity index (χ2v) is 6.83. The number of hydrogen-bond acceptors (Lipinski definition) is 4. The van der Waals surface area contributed by atoms with E-state index in [1.807, 2.05) is 66.7 Å². The molecule has 0 saturated carbocycles. The van der Waals surface area contributed by atoms with Gasteiger partial charge in [-0.3, -0.25) is 4.98 Å². The number of nitrogens with zero attached hydrogens (tertiary/aromatic N) is 3. The normalized spacial score (nSPS) is 11.3. The van der Waals surface area contributed by atoms with E-state index >= 15 is 0 Å². The summed E-state index contributed by atoms with van der Waals surface area (Å²) in [5, 5.41) is 0. The van der Waals surface area contributed by atoms with Gasteiger partial charge in [0.15, 0.2) is 0 Å². The van der Waals surface area contributed by atoms with Gasteiger partial charge in [0.2, 0.25) is 5.88 Å². The van der Waals surface area contributed by atoms with Gasteiger partial charge in [0.1, 0.15) is 5.84 Å². The summed E-state index contributed by atoms with van der Waals surface area (Å²) in [6, 6.07) is 26.0. The summed E-state index contributed by atoms with van der Waals surface area (Å²) in [6.45, 7) is 0. The molecule has 0 unspecified atom stereocenters. The van der Waals surface area contributed by atoms with E-state index in [0.29, 0.717) is 18.1 Å². The molecule has 0 radical (unpaired) electrons. The zero-order chi connectivity index (χ0) is 20.8. The third-order valence-corrected chi connectivity index (χ3v) is 4.68. The fraction of sp³-hybridized carbons (Fsp3) is 0.0800. The highest BCUT2D eigenvalue weighted by atomic mass is 16.5. The molecule has 0 spiro atoms. The number of pyridine rings is 2. The van der Waals surface area contributed by atoms with E-state index in [4.69, 9.17) is 10.5 Å². The Morgan fingerprint density at radius 1 is 0.867 bits per heavy atom. The summed E-state index contributed by atoms with van der Waals surface area (Å²) >= 11 is 0. The zero-order valence-corrected chi connectivity index (χ0v) is 16.7. The molecule has 0 atom stereocenters. The van der Waals surface area contributed by atoms with Crippen LogP contribution in [0.4, 0.5) is 5.69 Å². The van der Waals surface area contributed by atoms with Gasteiger partial charge in [0.25, 0.3) is 0 Å². The molecule has 2 aromatic carbocycles. The second-order valence-electron chi connectivity index (χ2n) is 6.83. The highest BCUT2D eigenvalue weighted by Crippen LogP contribution is 2.24. The third-order valence-electron chi connectivity index (χ3n) is 4.68. The van der Waals surface area contributed by atoms with E-state index in [2.05, 4.69) is 27.1 Å². The van der Waals surface area contributed by atoms with Gasteiger partial charge in [-0.05, 0) is 34.9 Å². The van der Waals surface area contributed by atoms with Crippen molar-refractivity contribution in [3.05, 3.63) is 96.8 Å². The van der Waals surface area contributed by atoms with Crippen LogP contribution in [0.1, 0.15) is 5.56 Å². The molecule has 0 fully saturated rings. The van der Waals surface area contributed by atoms with Crippen LogP contribution in [0.5, 0.6) is 5.88 Å². The molecule has 30 heavy (non-hydrogen) atoms. The largest absolute Gasteiger partial charge is 0.481 e. The van der Waals surface area contributed by atoms with Gasteiger partial charge in [-0.15, -0.1) is 0 Å². The van der Waals surface area contributed by atoms with Crippen molar-refractivity contribution in [2.75, 3.05) is 7.11 Å². The smallest absolute Gasteiger partial charge is 0.213 e. The minimum Gasteiger partial charge on any atom is -0.481 e. The molecule has 0 aliphatic rings. The number of amidine groups is 1. The lowest BCUT2D eigenvalue weighted by atomic mass is 10.0. The first kappa shape index (κ1) is 19.3. The van der Waals surface area contributed by atoms with Crippen LogP contribution in [-0.4, -0.2) is 22.9 Å². The predicted octanol–water partition coefficient (Wildman–Crippen LogP) is 5.05. The van der Waals surface area contributed by atoms with E-state index in [1.54, 1.807) is 19.5 Å². The van der Waals surface area contributed by atoms with Crippen LogP contribution in [0.25, 0.3) is 22.4 Å².